The number of anilines is 2. The van der Waals surface area contributed by atoms with Gasteiger partial charge in [-0.25, -0.2) is 28.9 Å². The van der Waals surface area contributed by atoms with Crippen molar-refractivity contribution >= 4 is 71.7 Å². The second-order valence-corrected chi connectivity index (χ2v) is 14.5. The molecule has 6 atom stereocenters. The van der Waals surface area contributed by atoms with Gasteiger partial charge in [0.25, 0.3) is 5.56 Å². The van der Waals surface area contributed by atoms with Crippen LogP contribution in [0.2, 0.25) is 0 Å². The van der Waals surface area contributed by atoms with Gasteiger partial charge in [0.2, 0.25) is 5.95 Å². The molecule has 4 aromatic rings. The molecule has 23 heteroatoms. The number of H-pyrrole nitrogens is 1. The van der Waals surface area contributed by atoms with Gasteiger partial charge in [-0.2, -0.15) is 4.98 Å². The summed E-state index contributed by atoms with van der Waals surface area (Å²) >= 11 is 9.11. The van der Waals surface area contributed by atoms with Crippen LogP contribution in [-0.4, -0.2) is 75.5 Å². The van der Waals surface area contributed by atoms with Gasteiger partial charge in [0.05, 0.1) is 19.5 Å². The Morgan fingerprint density at radius 3 is 2.78 bits per heavy atom. The highest BCUT2D eigenvalue weighted by Gasteiger charge is 2.51. The number of alkyl halides is 1. The van der Waals surface area contributed by atoms with Gasteiger partial charge in [-0.15, -0.1) is 0 Å². The Labute approximate surface area is 238 Å². The number of hydrogen-bond donors (Lipinski definition) is 5. The summed E-state index contributed by atoms with van der Waals surface area (Å²) in [7, 11) is 0. The Kier molecular flexibility index (Phi) is 7.38. The topological polar surface area (TPSA) is 243 Å². The Bertz CT molecular complexity index is 1800. The van der Waals surface area contributed by atoms with Crippen molar-refractivity contribution in [2.45, 2.75) is 37.8 Å². The second-order valence-electron chi connectivity index (χ2n) is 8.81. The summed E-state index contributed by atoms with van der Waals surface area (Å²) in [5.41, 5.74) is 11.3. The van der Waals surface area contributed by atoms with Crippen LogP contribution < -0.4 is 17.0 Å². The molecule has 6 heterocycles. The minimum absolute atomic E-state index is 0.0498. The van der Waals surface area contributed by atoms with Crippen LogP contribution in [0.1, 0.15) is 12.1 Å². The monoisotopic (exact) mass is 650 g/mol. The molecule has 1 saturated heterocycles. The number of hydrogen-bond acceptors (Lipinski definition) is 15. The number of ether oxygens (including phenoxy) is 1. The lowest BCUT2D eigenvalue weighted by Gasteiger charge is -2.24. The van der Waals surface area contributed by atoms with Crippen molar-refractivity contribution in [3.8, 4) is 0 Å². The standard InChI is InChI=1S/C18H21FN10O8P2S2/c19-9-7-3-34-38(31,40)33-2-1-28-8(25-11-15(28)26-18(21)27-16(11)30)4-35-39(32,41)37-12(9)17(36-7)29-6-24-10-13(20)22-5-23-14(10)29/h5-7,9,12,17H,1-4H2,(H,31,40)(H,32,41)(H2,20,22,23)(H3,21,26,27,30)/t7-,9+,12-,17-,38?,39?/m1/s1. The number of aromatic amines is 1. The van der Waals surface area contributed by atoms with Gasteiger partial charge >= 0.3 is 13.5 Å². The predicted octanol–water partition coefficient (Wildman–Crippen LogP) is 0.563. The van der Waals surface area contributed by atoms with Crippen molar-refractivity contribution in [1.82, 2.24) is 39.0 Å². The third kappa shape index (κ3) is 5.50. The van der Waals surface area contributed by atoms with E-state index in [1.165, 1.54) is 21.8 Å². The van der Waals surface area contributed by atoms with Crippen molar-refractivity contribution in [2.24, 2.45) is 0 Å². The molecule has 0 aliphatic carbocycles. The largest absolute Gasteiger partial charge is 0.387 e. The van der Waals surface area contributed by atoms with Crippen LogP contribution in [-0.2, 0) is 52.4 Å². The molecule has 2 aliphatic rings. The zero-order chi connectivity index (χ0) is 29.1. The molecule has 0 saturated carbocycles. The van der Waals surface area contributed by atoms with Gasteiger partial charge in [0, 0.05) is 6.54 Å². The zero-order valence-electron chi connectivity index (χ0n) is 20.5. The van der Waals surface area contributed by atoms with Crippen LogP contribution >= 0.6 is 25.8 Å². The van der Waals surface area contributed by atoms with Crippen molar-refractivity contribution in [2.75, 3.05) is 24.7 Å². The molecule has 2 bridgehead atoms. The number of nitrogens with two attached hydrogens (primary N) is 2. The Morgan fingerprint density at radius 1 is 1.17 bits per heavy atom. The first kappa shape index (κ1) is 28.5. The normalized spacial score (nSPS) is 31.6. The van der Waals surface area contributed by atoms with Gasteiger partial charge in [-0.3, -0.25) is 23.4 Å². The van der Waals surface area contributed by atoms with E-state index in [4.69, 9.17) is 46.1 Å². The summed E-state index contributed by atoms with van der Waals surface area (Å²) in [4.78, 5) is 45.8. The lowest BCUT2D eigenvalue weighted by molar-refractivity contribution is -0.0453. The van der Waals surface area contributed by atoms with Gasteiger partial charge in [0.1, 0.15) is 36.5 Å². The first-order valence-corrected chi connectivity index (χ1v) is 17.0. The van der Waals surface area contributed by atoms with E-state index in [1.54, 1.807) is 0 Å². The first-order chi connectivity index (χ1) is 19.4. The second kappa shape index (κ2) is 10.6. The maximum Gasteiger partial charge on any atom is 0.387 e. The maximum atomic E-state index is 15.8. The summed E-state index contributed by atoms with van der Waals surface area (Å²) in [6, 6.07) is 0. The number of aromatic nitrogens is 8. The van der Waals surface area contributed by atoms with Gasteiger partial charge < -0.3 is 34.7 Å². The lowest BCUT2D eigenvalue weighted by Crippen LogP contribution is -2.31. The smallest absolute Gasteiger partial charge is 0.382 e. The lowest BCUT2D eigenvalue weighted by atomic mass is 10.1. The number of imidazole rings is 2. The fraction of sp³-hybridized carbons (Fsp3) is 0.444. The van der Waals surface area contributed by atoms with Crippen molar-refractivity contribution < 1.29 is 36.7 Å². The highest BCUT2D eigenvalue weighted by Crippen LogP contribution is 2.58. The predicted molar refractivity (Wildman–Crippen MR) is 146 cm³/mol. The van der Waals surface area contributed by atoms with E-state index in [-0.39, 0.29) is 53.1 Å². The van der Waals surface area contributed by atoms with E-state index < -0.39 is 56.9 Å². The number of halogens is 1. The maximum absolute atomic E-state index is 15.8. The average molecular weight is 651 g/mol. The number of nitrogens with zero attached hydrogens (tertiary/aromatic N) is 7. The van der Waals surface area contributed by atoms with Gasteiger partial charge in [0.15, 0.2) is 35.0 Å². The molecule has 4 aromatic heterocycles. The minimum atomic E-state index is -4.35. The van der Waals surface area contributed by atoms with E-state index in [0.29, 0.717) is 0 Å². The fourth-order valence-electron chi connectivity index (χ4n) is 4.42. The summed E-state index contributed by atoms with van der Waals surface area (Å²) in [6.07, 6.45) is -3.83. The number of rotatable bonds is 1. The third-order valence-electron chi connectivity index (χ3n) is 6.21. The molecule has 6 rings (SSSR count). The average Bonchev–Trinajstić information content (AvgIpc) is 3.56. The molecule has 0 radical (unpaired) electrons. The third-order valence-corrected chi connectivity index (χ3v) is 9.42. The highest BCUT2D eigenvalue weighted by atomic mass is 32.7. The quantitative estimate of drug-likeness (QED) is 0.140. The molecule has 6 N–H and O–H groups in total. The SMILES string of the molecule is Nc1nc2c(nc3n2CCOP(O)(=S)OC[C@H]2O[C@@H](n4cnc5c(N)ncnc54)[C@H](OP(=O)(S)OC3)[C@H]2F)c(=O)[nH]1. The van der Waals surface area contributed by atoms with Crippen LogP contribution in [0.3, 0.4) is 0 Å². The van der Waals surface area contributed by atoms with Gasteiger partial charge in [-0.05, 0) is 11.8 Å². The summed E-state index contributed by atoms with van der Waals surface area (Å²) in [5, 5.41) is 0. The first-order valence-electron chi connectivity index (χ1n) is 11.7. The zero-order valence-corrected chi connectivity index (χ0v) is 24.0. The summed E-state index contributed by atoms with van der Waals surface area (Å²) in [6.45, 7) is -9.63. The molecule has 0 amide bonds. The van der Waals surface area contributed by atoms with Gasteiger partial charge in [-0.1, -0.05) is 12.2 Å². The highest BCUT2D eigenvalue weighted by molar-refractivity contribution is 8.44. The molecule has 41 heavy (non-hydrogen) atoms. The number of nitrogens with one attached hydrogen (secondary N) is 1. The number of thiol groups is 1. The molecule has 0 aromatic carbocycles. The molecule has 18 nitrogen and oxygen atoms in total. The molecule has 2 unspecified atom stereocenters. The van der Waals surface area contributed by atoms with Crippen LogP contribution in [0, 0.1) is 0 Å². The van der Waals surface area contributed by atoms with E-state index in [0.717, 1.165) is 0 Å². The van der Waals surface area contributed by atoms with Crippen molar-refractivity contribution in [3.63, 3.8) is 0 Å². The Balaban J connectivity index is 1.38. The van der Waals surface area contributed by atoms with Crippen molar-refractivity contribution in [3.05, 3.63) is 28.8 Å². The van der Waals surface area contributed by atoms with Crippen LogP contribution in [0.5, 0.6) is 0 Å². The fourth-order valence-corrected chi connectivity index (χ4v) is 6.91. The van der Waals surface area contributed by atoms with Crippen LogP contribution in [0.25, 0.3) is 22.3 Å². The van der Waals surface area contributed by atoms with E-state index >= 15 is 4.39 Å². The summed E-state index contributed by atoms with van der Waals surface area (Å²) in [5.74, 6) is -0.0692. The molecule has 220 valence electrons. The van der Waals surface area contributed by atoms with Crippen LogP contribution in [0.4, 0.5) is 16.2 Å². The van der Waals surface area contributed by atoms with Crippen molar-refractivity contribution in [1.29, 1.82) is 0 Å². The Hall–Kier alpha value is -2.58. The van der Waals surface area contributed by atoms with E-state index in [1.807, 2.05) is 0 Å². The molecule has 0 spiro atoms. The van der Waals surface area contributed by atoms with Crippen LogP contribution in [0.15, 0.2) is 17.4 Å². The number of nitrogen functional groups attached to an aromatic ring is 2. The Morgan fingerprint density at radius 2 is 1.98 bits per heavy atom. The minimum Gasteiger partial charge on any atom is -0.382 e. The summed E-state index contributed by atoms with van der Waals surface area (Å²) < 4.78 is 59.5. The number of fused-ring (bicyclic) bond motifs is 6. The molecular weight excluding hydrogens is 629 g/mol. The molecule has 1 fully saturated rings. The van der Waals surface area contributed by atoms with E-state index in [9.17, 15) is 14.3 Å². The van der Waals surface area contributed by atoms with E-state index in [2.05, 4.69) is 42.2 Å². The molecule has 2 aliphatic heterocycles. The molecular formula is C18H21FN10O8P2S2.